The molecule has 5 unspecified atom stereocenters. The van der Waals surface area contributed by atoms with E-state index in [0.29, 0.717) is 22.1 Å². The number of nitro groups is 2. The monoisotopic (exact) mass is 969 g/mol. The molecule has 45 heavy (non-hydrogen) atoms. The van der Waals surface area contributed by atoms with Gasteiger partial charge < -0.3 is 40.3 Å². The number of ether oxygens (including phenoxy) is 1. The van der Waals surface area contributed by atoms with Crippen molar-refractivity contribution in [2.45, 2.75) is 44.5 Å². The Labute approximate surface area is 295 Å². The quantitative estimate of drug-likeness (QED) is 0.144. The van der Waals surface area contributed by atoms with E-state index in [1.807, 2.05) is 67.8 Å². The fourth-order valence-electron chi connectivity index (χ4n) is 4.55. The first-order chi connectivity index (χ1) is 20.9. The predicted octanol–water partition coefficient (Wildman–Crippen LogP) is 1.48. The zero-order chi connectivity index (χ0) is 34.2. The number of amides is 3. The number of nitrogens with one attached hydrogen (secondary N) is 1. The Morgan fingerprint density at radius 2 is 1.33 bits per heavy atom. The summed E-state index contributed by atoms with van der Waals surface area (Å²) >= 11 is 5.74. The van der Waals surface area contributed by atoms with Gasteiger partial charge in [-0.1, -0.05) is 0 Å². The average molecular weight is 969 g/mol. The number of aliphatic hydroxyl groups excluding tert-OH is 4. The topological polar surface area (TPSA) is 246 Å². The minimum Gasteiger partial charge on any atom is -0.394 e. The molecule has 17 nitrogen and oxygen atoms in total. The zero-order valence-electron chi connectivity index (χ0n) is 23.7. The van der Waals surface area contributed by atoms with Gasteiger partial charge >= 0.3 is 0 Å². The van der Waals surface area contributed by atoms with Crippen LogP contribution in [0.2, 0.25) is 0 Å². The molecule has 20 heteroatoms. The van der Waals surface area contributed by atoms with Crippen LogP contribution in [0.15, 0.2) is 12.1 Å². The molecule has 244 valence electrons. The number of hydrogen-bond acceptors (Lipinski definition) is 12. The van der Waals surface area contributed by atoms with Crippen LogP contribution in [0.3, 0.4) is 0 Å². The van der Waals surface area contributed by atoms with Crippen molar-refractivity contribution in [2.24, 2.45) is 0 Å². The lowest BCUT2D eigenvalue weighted by molar-refractivity contribution is -0.394. The second-order valence-corrected chi connectivity index (χ2v) is 13.0. The molecular formula is C25H26I3N5O12. The lowest BCUT2D eigenvalue weighted by Crippen LogP contribution is -2.64. The highest BCUT2D eigenvalue weighted by Gasteiger charge is 2.46. The first kappa shape index (κ1) is 37.1. The van der Waals surface area contributed by atoms with E-state index in [2.05, 4.69) is 5.32 Å². The molecule has 1 aliphatic heterocycles. The van der Waals surface area contributed by atoms with E-state index in [1.54, 1.807) is 0 Å². The number of anilines is 2. The van der Waals surface area contributed by atoms with Crippen LogP contribution in [0.5, 0.6) is 0 Å². The van der Waals surface area contributed by atoms with E-state index in [4.69, 9.17) is 4.74 Å². The molecule has 3 amide bonds. The van der Waals surface area contributed by atoms with Crippen molar-refractivity contribution in [3.8, 4) is 11.1 Å². The van der Waals surface area contributed by atoms with E-state index in [-0.39, 0.29) is 22.9 Å². The minimum absolute atomic E-state index is 0.0890. The van der Waals surface area contributed by atoms with E-state index < -0.39 is 69.9 Å². The van der Waals surface area contributed by atoms with Crippen LogP contribution in [-0.4, -0.2) is 99.3 Å². The molecule has 0 aromatic heterocycles. The number of aliphatic hydroxyl groups is 4. The molecular weight excluding hydrogens is 943 g/mol. The fourth-order valence-corrected chi connectivity index (χ4v) is 9.78. The van der Waals surface area contributed by atoms with Gasteiger partial charge in [0.1, 0.15) is 24.4 Å². The highest BCUT2D eigenvalue weighted by Crippen LogP contribution is 2.47. The highest BCUT2D eigenvalue weighted by atomic mass is 127. The number of rotatable bonds is 8. The summed E-state index contributed by atoms with van der Waals surface area (Å²) in [5.41, 5.74) is -2.29. The van der Waals surface area contributed by atoms with Crippen molar-refractivity contribution in [1.29, 1.82) is 0 Å². The first-order valence-corrected chi connectivity index (χ1v) is 15.9. The summed E-state index contributed by atoms with van der Waals surface area (Å²) in [4.78, 5) is 63.3. The van der Waals surface area contributed by atoms with Gasteiger partial charge in [-0.15, -0.1) is 0 Å². The molecule has 0 radical (unpaired) electrons. The van der Waals surface area contributed by atoms with Crippen LogP contribution in [0, 0.1) is 30.9 Å². The van der Waals surface area contributed by atoms with Crippen molar-refractivity contribution < 1.29 is 49.4 Å². The number of nitro benzene ring substituents is 2. The molecule has 0 bridgehead atoms. The summed E-state index contributed by atoms with van der Waals surface area (Å²) < 4.78 is 6.19. The largest absolute Gasteiger partial charge is 0.394 e. The van der Waals surface area contributed by atoms with Crippen LogP contribution in [0.25, 0.3) is 11.1 Å². The number of halogens is 3. The Bertz CT molecular complexity index is 1510. The summed E-state index contributed by atoms with van der Waals surface area (Å²) in [5.74, 6) is -2.21. The summed E-state index contributed by atoms with van der Waals surface area (Å²) in [6.07, 6.45) is -7.12. The molecule has 3 rings (SSSR count). The predicted molar refractivity (Wildman–Crippen MR) is 183 cm³/mol. The van der Waals surface area contributed by atoms with Gasteiger partial charge in [-0.05, 0) is 73.3 Å². The summed E-state index contributed by atoms with van der Waals surface area (Å²) in [6.45, 7) is 1.81. The van der Waals surface area contributed by atoms with Crippen molar-refractivity contribution in [3.63, 3.8) is 0 Å². The third-order valence-corrected chi connectivity index (χ3v) is 10.2. The number of carbonyl (C=O) groups excluding carboxylic acids is 3. The first-order valence-electron chi connectivity index (χ1n) is 12.6. The molecule has 5 atom stereocenters. The maximum Gasteiger partial charge on any atom is 0.289 e. The standard InChI is InChI=1S/C25H26I3N5O12/c1-8(35)30(3)20-16(26)14(17(27)21(18(20)28)31(4)9(2)36)10-5-11(32(41)42)15(12(6-10)33(43)44)24(39)29-19-23(38)22(37)13(7-34)45-25(19)40/h5-6,13,19,22-23,25,34,37-38,40H,7H2,1-4H3,(H,29,39). The van der Waals surface area contributed by atoms with E-state index in [1.165, 1.54) is 37.7 Å². The second-order valence-electron chi connectivity index (χ2n) is 9.80. The van der Waals surface area contributed by atoms with Gasteiger partial charge in [0.25, 0.3) is 17.3 Å². The van der Waals surface area contributed by atoms with Crippen molar-refractivity contribution in [1.82, 2.24) is 5.32 Å². The summed E-state index contributed by atoms with van der Waals surface area (Å²) in [6, 6.07) is 0.0519. The van der Waals surface area contributed by atoms with Crippen LogP contribution >= 0.6 is 67.8 Å². The Morgan fingerprint density at radius 3 is 1.71 bits per heavy atom. The van der Waals surface area contributed by atoms with Gasteiger partial charge in [-0.2, -0.15) is 0 Å². The Morgan fingerprint density at radius 1 is 0.889 bits per heavy atom. The smallest absolute Gasteiger partial charge is 0.289 e. The van der Waals surface area contributed by atoms with Gasteiger partial charge in [0.2, 0.25) is 11.8 Å². The van der Waals surface area contributed by atoms with Crippen molar-refractivity contribution >= 4 is 108 Å². The Hall–Kier alpha value is -2.36. The summed E-state index contributed by atoms with van der Waals surface area (Å²) in [5, 5.41) is 66.8. The van der Waals surface area contributed by atoms with Crippen molar-refractivity contribution in [2.75, 3.05) is 30.5 Å². The highest BCUT2D eigenvalue weighted by molar-refractivity contribution is 14.1. The van der Waals surface area contributed by atoms with Gasteiger partial charge in [0.15, 0.2) is 11.9 Å². The van der Waals surface area contributed by atoms with Crippen LogP contribution in [0.1, 0.15) is 24.2 Å². The molecule has 1 saturated heterocycles. The number of nitrogens with zero attached hydrogens (tertiary/aromatic N) is 4. The van der Waals surface area contributed by atoms with E-state index in [9.17, 15) is 55.0 Å². The number of carbonyl (C=O) groups is 3. The number of benzene rings is 2. The lowest BCUT2D eigenvalue weighted by Gasteiger charge is -2.40. The molecule has 1 heterocycles. The molecule has 1 fully saturated rings. The van der Waals surface area contributed by atoms with E-state index in [0.717, 1.165) is 12.1 Å². The van der Waals surface area contributed by atoms with Crippen LogP contribution in [-0.2, 0) is 14.3 Å². The SMILES string of the molecule is CC(=O)N(C)c1c(I)c(-c2cc([N+](=O)[O-])c(C(=O)NC3C(O)OC(CO)C(O)C3O)c([N+](=O)[O-])c2)c(I)c(N(C)C(C)=O)c1I. The third-order valence-electron chi connectivity index (χ3n) is 7.09. The second kappa shape index (κ2) is 14.6. The van der Waals surface area contributed by atoms with Gasteiger partial charge in [-0.25, -0.2) is 0 Å². The molecule has 0 saturated carbocycles. The van der Waals surface area contributed by atoms with E-state index >= 15 is 0 Å². The maximum absolute atomic E-state index is 13.4. The molecule has 2 aromatic rings. The Kier molecular flexibility index (Phi) is 12.0. The third kappa shape index (κ3) is 7.15. The van der Waals surface area contributed by atoms with Crippen LogP contribution in [0.4, 0.5) is 22.7 Å². The zero-order valence-corrected chi connectivity index (χ0v) is 30.2. The van der Waals surface area contributed by atoms with Crippen LogP contribution < -0.4 is 15.1 Å². The Balaban J connectivity index is 2.33. The fraction of sp³-hybridized carbons (Fsp3) is 0.400. The molecule has 5 N–H and O–H groups in total. The molecule has 1 aliphatic rings. The van der Waals surface area contributed by atoms with Gasteiger partial charge in [-0.3, -0.25) is 34.6 Å². The average Bonchev–Trinajstić information content (AvgIpc) is 2.96. The van der Waals surface area contributed by atoms with Gasteiger partial charge in [0, 0.05) is 52.8 Å². The lowest BCUT2D eigenvalue weighted by atomic mass is 9.95. The van der Waals surface area contributed by atoms with Gasteiger partial charge in [0.05, 0.1) is 31.4 Å². The summed E-state index contributed by atoms with van der Waals surface area (Å²) in [7, 11) is 2.96. The molecule has 0 aliphatic carbocycles. The molecule has 0 spiro atoms. The minimum atomic E-state index is -2.00. The number of hydrogen-bond donors (Lipinski definition) is 5. The maximum atomic E-state index is 13.4. The normalized spacial score (nSPS) is 21.2. The van der Waals surface area contributed by atoms with Crippen molar-refractivity contribution in [3.05, 3.63) is 48.6 Å². The molecule has 2 aromatic carbocycles.